The lowest BCUT2D eigenvalue weighted by Gasteiger charge is -2.29. The molecule has 0 saturated carbocycles. The van der Waals surface area contributed by atoms with E-state index in [0.29, 0.717) is 6.54 Å². The van der Waals surface area contributed by atoms with Crippen LogP contribution in [0.5, 0.6) is 0 Å². The number of hydrogen-bond acceptors (Lipinski definition) is 3. The van der Waals surface area contributed by atoms with Gasteiger partial charge in [0.1, 0.15) is 5.69 Å². The van der Waals surface area contributed by atoms with Crippen LogP contribution in [0.3, 0.4) is 0 Å². The Kier molecular flexibility index (Phi) is 2.79. The van der Waals surface area contributed by atoms with Gasteiger partial charge in [0.25, 0.3) is 0 Å². The largest absolute Gasteiger partial charge is 0.304 e. The highest BCUT2D eigenvalue weighted by molar-refractivity contribution is 5.94. The monoisotopic (exact) mass is 290 g/mol. The number of nitrogens with zero attached hydrogens (tertiary/aromatic N) is 4. The van der Waals surface area contributed by atoms with Crippen molar-refractivity contribution in [3.63, 3.8) is 0 Å². The molecule has 0 radical (unpaired) electrons. The molecular formula is C17H14N4O. The van der Waals surface area contributed by atoms with E-state index in [-0.39, 0.29) is 5.91 Å². The summed E-state index contributed by atoms with van der Waals surface area (Å²) in [5.41, 5.74) is 4.51. The zero-order chi connectivity index (χ0) is 15.1. The van der Waals surface area contributed by atoms with Crippen molar-refractivity contribution in [3.05, 3.63) is 60.3 Å². The third kappa shape index (κ3) is 1.83. The summed E-state index contributed by atoms with van der Waals surface area (Å²) in [5, 5.41) is 8.63. The molecule has 0 atom stereocenters. The van der Waals surface area contributed by atoms with E-state index in [2.05, 4.69) is 10.3 Å². The van der Waals surface area contributed by atoms with Crippen molar-refractivity contribution in [2.24, 2.45) is 0 Å². The Labute approximate surface area is 127 Å². The van der Waals surface area contributed by atoms with Crippen molar-refractivity contribution in [2.45, 2.75) is 13.5 Å². The summed E-state index contributed by atoms with van der Waals surface area (Å²) in [6.45, 7) is 2.06. The number of amides is 1. The van der Waals surface area contributed by atoms with E-state index in [1.54, 1.807) is 11.8 Å². The fourth-order valence-corrected chi connectivity index (χ4v) is 2.84. The maximum absolute atomic E-state index is 12.0. The van der Waals surface area contributed by atoms with Crippen LogP contribution in [-0.4, -0.2) is 20.9 Å². The van der Waals surface area contributed by atoms with Crippen molar-refractivity contribution in [1.29, 1.82) is 0 Å². The summed E-state index contributed by atoms with van der Waals surface area (Å²) in [6.07, 6.45) is 0. The van der Waals surface area contributed by atoms with Crippen molar-refractivity contribution in [2.75, 3.05) is 4.90 Å². The quantitative estimate of drug-likeness (QED) is 0.692. The first-order valence-electron chi connectivity index (χ1n) is 7.13. The molecule has 2 heterocycles. The average molecular weight is 290 g/mol. The molecule has 1 amide bonds. The molecule has 1 aliphatic rings. The van der Waals surface area contributed by atoms with Crippen molar-refractivity contribution in [3.8, 4) is 16.9 Å². The van der Waals surface area contributed by atoms with E-state index in [1.165, 1.54) is 0 Å². The lowest BCUT2D eigenvalue weighted by Crippen LogP contribution is -2.33. The molecule has 0 aliphatic carbocycles. The normalized spacial score (nSPS) is 12.7. The molecule has 0 bridgehead atoms. The fraction of sp³-hybridized carbons (Fsp3) is 0.118. The van der Waals surface area contributed by atoms with Gasteiger partial charge in [0.15, 0.2) is 0 Å². The van der Waals surface area contributed by atoms with E-state index in [0.717, 1.165) is 28.3 Å². The van der Waals surface area contributed by atoms with Gasteiger partial charge in [0, 0.05) is 12.5 Å². The zero-order valence-corrected chi connectivity index (χ0v) is 12.1. The van der Waals surface area contributed by atoms with Crippen molar-refractivity contribution < 1.29 is 4.79 Å². The van der Waals surface area contributed by atoms with E-state index in [1.807, 2.05) is 59.3 Å². The van der Waals surface area contributed by atoms with Crippen LogP contribution in [0.4, 0.5) is 5.69 Å². The molecule has 108 valence electrons. The maximum Gasteiger partial charge on any atom is 0.224 e. The molecule has 0 N–H and O–H groups in total. The Morgan fingerprint density at radius 3 is 2.41 bits per heavy atom. The molecule has 5 heteroatoms. The van der Waals surface area contributed by atoms with Gasteiger partial charge in [-0.2, -0.15) is 0 Å². The molecule has 4 rings (SSSR count). The first-order chi connectivity index (χ1) is 10.8. The highest BCUT2D eigenvalue weighted by atomic mass is 16.2. The SMILES string of the molecule is CC(=O)N1Cc2c(-c3ccccc3)nnn2-c2ccccc21. The molecule has 2 aromatic carbocycles. The van der Waals surface area contributed by atoms with Gasteiger partial charge in [0.2, 0.25) is 5.91 Å². The van der Waals surface area contributed by atoms with Crippen LogP contribution in [0.15, 0.2) is 54.6 Å². The summed E-state index contributed by atoms with van der Waals surface area (Å²) in [7, 11) is 0. The lowest BCUT2D eigenvalue weighted by atomic mass is 10.1. The molecule has 5 nitrogen and oxygen atoms in total. The van der Waals surface area contributed by atoms with Gasteiger partial charge in [-0.15, -0.1) is 5.10 Å². The minimum atomic E-state index is 0.0129. The van der Waals surface area contributed by atoms with Gasteiger partial charge >= 0.3 is 0 Å². The third-order valence-corrected chi connectivity index (χ3v) is 3.90. The number of rotatable bonds is 1. The molecule has 0 fully saturated rings. The number of fused-ring (bicyclic) bond motifs is 3. The minimum absolute atomic E-state index is 0.0129. The molecule has 0 spiro atoms. The Balaban J connectivity index is 1.93. The van der Waals surface area contributed by atoms with Crippen LogP contribution in [0.2, 0.25) is 0 Å². The van der Waals surface area contributed by atoms with Gasteiger partial charge < -0.3 is 4.90 Å². The third-order valence-electron chi connectivity index (χ3n) is 3.90. The summed E-state index contributed by atoms with van der Waals surface area (Å²) < 4.78 is 1.83. The minimum Gasteiger partial charge on any atom is -0.304 e. The average Bonchev–Trinajstić information content (AvgIpc) is 2.99. The second-order valence-corrected chi connectivity index (χ2v) is 5.26. The van der Waals surface area contributed by atoms with E-state index >= 15 is 0 Å². The van der Waals surface area contributed by atoms with E-state index in [9.17, 15) is 4.79 Å². The summed E-state index contributed by atoms with van der Waals surface area (Å²) >= 11 is 0. The molecule has 1 aromatic heterocycles. The van der Waals surface area contributed by atoms with Crippen LogP contribution in [0.25, 0.3) is 16.9 Å². The Morgan fingerprint density at radius 2 is 1.68 bits per heavy atom. The number of para-hydroxylation sites is 2. The Bertz CT molecular complexity index is 841. The first-order valence-corrected chi connectivity index (χ1v) is 7.13. The second-order valence-electron chi connectivity index (χ2n) is 5.26. The zero-order valence-electron chi connectivity index (χ0n) is 12.1. The van der Waals surface area contributed by atoms with E-state index < -0.39 is 0 Å². The number of hydrogen-bond donors (Lipinski definition) is 0. The fourth-order valence-electron chi connectivity index (χ4n) is 2.84. The predicted molar refractivity (Wildman–Crippen MR) is 83.7 cm³/mol. The number of anilines is 1. The van der Waals surface area contributed by atoms with Crippen LogP contribution in [-0.2, 0) is 11.3 Å². The van der Waals surface area contributed by atoms with Gasteiger partial charge in [-0.1, -0.05) is 47.7 Å². The molecule has 22 heavy (non-hydrogen) atoms. The summed E-state index contributed by atoms with van der Waals surface area (Å²) in [5.74, 6) is 0.0129. The predicted octanol–water partition coefficient (Wildman–Crippen LogP) is 2.80. The lowest BCUT2D eigenvalue weighted by molar-refractivity contribution is -0.116. The standard InChI is InChI=1S/C17H14N4O/c1-12(22)20-11-16-17(13-7-3-2-4-8-13)18-19-21(16)15-10-6-5-9-14(15)20/h2-10H,11H2,1H3. The number of benzene rings is 2. The van der Waals surface area contributed by atoms with Crippen molar-refractivity contribution >= 4 is 11.6 Å². The second kappa shape index (κ2) is 4.80. The molecular weight excluding hydrogens is 276 g/mol. The highest BCUT2D eigenvalue weighted by Crippen LogP contribution is 2.34. The van der Waals surface area contributed by atoms with Gasteiger partial charge in [-0.3, -0.25) is 4.79 Å². The number of aromatic nitrogens is 3. The summed E-state index contributed by atoms with van der Waals surface area (Å²) in [4.78, 5) is 13.8. The number of carbonyl (C=O) groups excluding carboxylic acids is 1. The van der Waals surface area contributed by atoms with Crippen LogP contribution >= 0.6 is 0 Å². The summed E-state index contributed by atoms with van der Waals surface area (Å²) in [6, 6.07) is 17.7. The highest BCUT2D eigenvalue weighted by Gasteiger charge is 2.28. The maximum atomic E-state index is 12.0. The Morgan fingerprint density at radius 1 is 1.00 bits per heavy atom. The van der Waals surface area contributed by atoms with Crippen LogP contribution < -0.4 is 4.90 Å². The van der Waals surface area contributed by atoms with Gasteiger partial charge in [-0.25, -0.2) is 4.68 Å². The molecule has 0 saturated heterocycles. The number of carbonyl (C=O) groups is 1. The van der Waals surface area contributed by atoms with Crippen molar-refractivity contribution in [1.82, 2.24) is 15.0 Å². The molecule has 3 aromatic rings. The van der Waals surface area contributed by atoms with Gasteiger partial charge in [0.05, 0.1) is 23.6 Å². The Hall–Kier alpha value is -2.95. The van der Waals surface area contributed by atoms with Crippen LogP contribution in [0, 0.1) is 0 Å². The van der Waals surface area contributed by atoms with Gasteiger partial charge in [-0.05, 0) is 12.1 Å². The topological polar surface area (TPSA) is 51.0 Å². The first kappa shape index (κ1) is 12.8. The van der Waals surface area contributed by atoms with Crippen LogP contribution in [0.1, 0.15) is 12.6 Å². The molecule has 1 aliphatic heterocycles. The molecule has 0 unspecified atom stereocenters. The van der Waals surface area contributed by atoms with E-state index in [4.69, 9.17) is 0 Å². The smallest absolute Gasteiger partial charge is 0.224 e.